The van der Waals surface area contributed by atoms with Gasteiger partial charge in [-0.2, -0.15) is 4.72 Å². The predicted molar refractivity (Wildman–Crippen MR) is 158 cm³/mol. The second kappa shape index (κ2) is 12.5. The van der Waals surface area contributed by atoms with Crippen LogP contribution >= 0.6 is 0 Å². The van der Waals surface area contributed by atoms with Crippen molar-refractivity contribution in [3.63, 3.8) is 0 Å². The first-order valence-electron chi connectivity index (χ1n) is 13.0. The van der Waals surface area contributed by atoms with E-state index in [9.17, 15) is 23.1 Å². The Kier molecular flexibility index (Phi) is 9.07. The molecule has 9 nitrogen and oxygen atoms in total. The Morgan fingerprint density at radius 1 is 1.00 bits per heavy atom. The summed E-state index contributed by atoms with van der Waals surface area (Å²) in [6.45, 7) is 5.59. The summed E-state index contributed by atoms with van der Waals surface area (Å²) in [6, 6.07) is 17.7. The second-order valence-corrected chi connectivity index (χ2v) is 11.6. The van der Waals surface area contributed by atoms with Crippen LogP contribution in [0.1, 0.15) is 35.5 Å². The van der Waals surface area contributed by atoms with Gasteiger partial charge in [0, 0.05) is 23.7 Å². The van der Waals surface area contributed by atoms with Gasteiger partial charge in [-0.1, -0.05) is 62.4 Å². The number of amides is 1. The summed E-state index contributed by atoms with van der Waals surface area (Å²) in [5.41, 5.74) is 4.40. The number of aryl methyl sites for hydroxylation is 1. The number of carboxylic acids is 1. The van der Waals surface area contributed by atoms with E-state index in [0.717, 1.165) is 27.6 Å². The number of furan rings is 1. The number of aliphatic carboxylic acids is 1. The maximum Gasteiger partial charge on any atom is 0.322 e. The zero-order chi connectivity index (χ0) is 29.7. The third-order valence-electron chi connectivity index (χ3n) is 6.61. The Balaban J connectivity index is 1.48. The van der Waals surface area contributed by atoms with Gasteiger partial charge < -0.3 is 19.6 Å². The minimum atomic E-state index is -4.01. The summed E-state index contributed by atoms with van der Waals surface area (Å²) in [6.07, 6.45) is 3.83. The highest BCUT2D eigenvalue weighted by atomic mass is 32.2. The maximum absolute atomic E-state index is 13.1. The zero-order valence-corrected chi connectivity index (χ0v) is 24.0. The molecule has 0 bridgehead atoms. The number of carbonyl (C=O) groups excluding carboxylic acids is 1. The maximum atomic E-state index is 13.1. The molecule has 1 aromatic heterocycles. The van der Waals surface area contributed by atoms with Crippen LogP contribution in [-0.4, -0.2) is 45.2 Å². The lowest BCUT2D eigenvalue weighted by molar-refractivity contribution is -0.140. The van der Waals surface area contributed by atoms with Gasteiger partial charge >= 0.3 is 5.97 Å². The van der Waals surface area contributed by atoms with Crippen LogP contribution in [0.25, 0.3) is 28.2 Å². The summed E-state index contributed by atoms with van der Waals surface area (Å²) in [5.74, 6) is -1.80. The minimum Gasteiger partial charge on any atom is -0.480 e. The molecule has 3 N–H and O–H groups in total. The summed E-state index contributed by atoms with van der Waals surface area (Å²) >= 11 is 0. The average Bonchev–Trinajstić information content (AvgIpc) is 3.29. The van der Waals surface area contributed by atoms with Crippen molar-refractivity contribution in [3.8, 4) is 11.1 Å². The standard InChI is InChI=1S/C31H32N2O7S/c1-19(2)28(31(35)36)33-41(37,38)25-16-12-22(13-17-25)21-10-14-24(15-11-21)32-30(34)29-20(3)27-23(8-6-18-39-4)7-5-9-26(27)40-29/h5-17,19,28,33H,18H2,1-4H3,(H,32,34)(H,35,36)/t28-/m0/s1. The Hall–Kier alpha value is -4.25. The number of benzene rings is 3. The van der Waals surface area contributed by atoms with Gasteiger partial charge in [-0.3, -0.25) is 9.59 Å². The van der Waals surface area contributed by atoms with Gasteiger partial charge in [-0.25, -0.2) is 8.42 Å². The minimum absolute atomic E-state index is 0.0319. The number of ether oxygens (including phenoxy) is 1. The average molecular weight is 577 g/mol. The van der Waals surface area contributed by atoms with E-state index in [2.05, 4.69) is 10.0 Å². The van der Waals surface area contributed by atoms with Crippen LogP contribution < -0.4 is 10.0 Å². The van der Waals surface area contributed by atoms with E-state index in [1.165, 1.54) is 12.1 Å². The highest BCUT2D eigenvalue weighted by molar-refractivity contribution is 7.89. The van der Waals surface area contributed by atoms with Crippen molar-refractivity contribution in [2.75, 3.05) is 19.0 Å². The quantitative estimate of drug-likeness (QED) is 0.208. The fraction of sp³-hybridized carbons (Fsp3) is 0.226. The van der Waals surface area contributed by atoms with Crippen LogP contribution in [0.2, 0.25) is 0 Å². The van der Waals surface area contributed by atoms with Crippen molar-refractivity contribution in [3.05, 3.63) is 89.7 Å². The van der Waals surface area contributed by atoms with Gasteiger partial charge in [-0.05, 0) is 59.9 Å². The van der Waals surface area contributed by atoms with Crippen LogP contribution in [0, 0.1) is 12.8 Å². The Labute approximate surface area is 238 Å². The molecule has 0 saturated heterocycles. The number of carbonyl (C=O) groups is 2. The number of hydrogen-bond acceptors (Lipinski definition) is 6. The van der Waals surface area contributed by atoms with Crippen molar-refractivity contribution >= 4 is 44.6 Å². The number of hydrogen-bond donors (Lipinski definition) is 3. The summed E-state index contributed by atoms with van der Waals surface area (Å²) in [7, 11) is -2.39. The Bertz CT molecular complexity index is 1690. The summed E-state index contributed by atoms with van der Waals surface area (Å²) < 4.78 is 38.6. The molecule has 1 heterocycles. The molecule has 4 rings (SSSR count). The number of fused-ring (bicyclic) bond motifs is 1. The fourth-order valence-corrected chi connectivity index (χ4v) is 5.77. The molecule has 0 aliphatic carbocycles. The summed E-state index contributed by atoms with van der Waals surface area (Å²) in [5, 5.41) is 13.1. The highest BCUT2D eigenvalue weighted by Crippen LogP contribution is 2.30. The first-order chi connectivity index (χ1) is 19.5. The molecule has 0 aliphatic heterocycles. The number of methoxy groups -OCH3 is 1. The van der Waals surface area contributed by atoms with E-state index in [4.69, 9.17) is 9.15 Å². The highest BCUT2D eigenvalue weighted by Gasteiger charge is 2.28. The number of carboxylic acid groups (broad SMARTS) is 1. The van der Waals surface area contributed by atoms with Crippen LogP contribution in [-0.2, 0) is 19.6 Å². The van der Waals surface area contributed by atoms with Crippen LogP contribution in [0.3, 0.4) is 0 Å². The molecular formula is C31H32N2O7S. The Morgan fingerprint density at radius 2 is 1.63 bits per heavy atom. The van der Waals surface area contributed by atoms with E-state index >= 15 is 0 Å². The third-order valence-corrected chi connectivity index (χ3v) is 8.07. The van der Waals surface area contributed by atoms with Gasteiger partial charge in [-0.15, -0.1) is 0 Å². The van der Waals surface area contributed by atoms with E-state index in [-0.39, 0.29) is 16.6 Å². The van der Waals surface area contributed by atoms with E-state index in [0.29, 0.717) is 17.9 Å². The topological polar surface area (TPSA) is 135 Å². The SMILES string of the molecule is COCC=Cc1cccc2oc(C(=O)Nc3ccc(-c4ccc(S(=O)(=O)N[C@H](C(=O)O)C(C)C)cc4)cc3)c(C)c12. The van der Waals surface area contributed by atoms with Gasteiger partial charge in [0.25, 0.3) is 5.91 Å². The molecule has 1 atom stereocenters. The molecule has 4 aromatic rings. The molecule has 0 spiro atoms. The third kappa shape index (κ3) is 6.74. The molecule has 0 radical (unpaired) electrons. The predicted octanol–water partition coefficient (Wildman–Crippen LogP) is 5.71. The van der Waals surface area contributed by atoms with Crippen LogP contribution in [0.5, 0.6) is 0 Å². The van der Waals surface area contributed by atoms with Gasteiger partial charge in [0.05, 0.1) is 11.5 Å². The number of rotatable bonds is 11. The smallest absolute Gasteiger partial charge is 0.322 e. The zero-order valence-electron chi connectivity index (χ0n) is 23.2. The molecule has 214 valence electrons. The van der Waals surface area contributed by atoms with Gasteiger partial charge in [0.2, 0.25) is 10.0 Å². The largest absolute Gasteiger partial charge is 0.480 e. The van der Waals surface area contributed by atoms with E-state index in [1.54, 1.807) is 57.4 Å². The summed E-state index contributed by atoms with van der Waals surface area (Å²) in [4.78, 5) is 24.5. The van der Waals surface area contributed by atoms with Crippen molar-refractivity contribution < 1.29 is 32.3 Å². The lowest BCUT2D eigenvalue weighted by atomic mass is 10.0. The molecular weight excluding hydrogens is 544 g/mol. The second-order valence-electron chi connectivity index (χ2n) is 9.87. The lowest BCUT2D eigenvalue weighted by Gasteiger charge is -2.18. The van der Waals surface area contributed by atoms with E-state index in [1.807, 2.05) is 37.3 Å². The molecule has 10 heteroatoms. The molecule has 1 amide bonds. The van der Waals surface area contributed by atoms with Gasteiger partial charge in [0.15, 0.2) is 5.76 Å². The molecule has 0 aliphatic rings. The first kappa shape index (κ1) is 29.7. The lowest BCUT2D eigenvalue weighted by Crippen LogP contribution is -2.44. The van der Waals surface area contributed by atoms with Crippen LogP contribution in [0.4, 0.5) is 5.69 Å². The molecule has 0 saturated carbocycles. The number of nitrogens with one attached hydrogen (secondary N) is 2. The van der Waals surface area contributed by atoms with Crippen LogP contribution in [0.15, 0.2) is 82.1 Å². The van der Waals surface area contributed by atoms with Crippen molar-refractivity contribution in [1.29, 1.82) is 0 Å². The normalized spacial score (nSPS) is 12.7. The molecule has 3 aromatic carbocycles. The van der Waals surface area contributed by atoms with Crippen molar-refractivity contribution in [1.82, 2.24) is 4.72 Å². The number of anilines is 1. The monoisotopic (exact) mass is 576 g/mol. The van der Waals surface area contributed by atoms with E-state index < -0.39 is 28.0 Å². The van der Waals surface area contributed by atoms with Gasteiger partial charge in [0.1, 0.15) is 11.6 Å². The Morgan fingerprint density at radius 3 is 2.22 bits per heavy atom. The molecule has 41 heavy (non-hydrogen) atoms. The first-order valence-corrected chi connectivity index (χ1v) is 14.4. The fourth-order valence-electron chi connectivity index (χ4n) is 4.43. The molecule has 0 fully saturated rings. The molecule has 0 unspecified atom stereocenters. The number of sulfonamides is 1. The van der Waals surface area contributed by atoms with Crippen molar-refractivity contribution in [2.45, 2.75) is 31.7 Å². The van der Waals surface area contributed by atoms with Crippen molar-refractivity contribution in [2.24, 2.45) is 5.92 Å².